The first-order valence-corrected chi connectivity index (χ1v) is 10.00. The Labute approximate surface area is 181 Å². The predicted molar refractivity (Wildman–Crippen MR) is 114 cm³/mol. The standard InChI is InChI=1S/C24H19F3N2O3/c25-24(26,27)14-28-20(30)13-32-23(31)21-17-8-4-5-9-19(17)29-22-16(10-11-18(21)22)12-15-6-2-1-3-7-15/h1-9,12H,10-11,13-14H2,(H,28,30)/b16-12-. The number of hydrogen-bond acceptors (Lipinski definition) is 4. The molecular weight excluding hydrogens is 421 g/mol. The summed E-state index contributed by atoms with van der Waals surface area (Å²) in [4.78, 5) is 29.3. The van der Waals surface area contributed by atoms with Crippen molar-refractivity contribution in [1.29, 1.82) is 0 Å². The molecule has 1 amide bonds. The number of allylic oxidation sites excluding steroid dienone is 1. The third-order valence-corrected chi connectivity index (χ3v) is 5.11. The normalized spacial score (nSPS) is 14.4. The molecule has 0 atom stereocenters. The van der Waals surface area contributed by atoms with Crippen molar-refractivity contribution in [2.75, 3.05) is 13.2 Å². The van der Waals surface area contributed by atoms with Gasteiger partial charge in [0.25, 0.3) is 5.91 Å². The van der Waals surface area contributed by atoms with Crippen LogP contribution in [0.4, 0.5) is 13.2 Å². The molecule has 0 spiro atoms. The van der Waals surface area contributed by atoms with Crippen LogP contribution in [0.2, 0.25) is 0 Å². The molecule has 32 heavy (non-hydrogen) atoms. The molecule has 0 aliphatic heterocycles. The molecule has 0 bridgehead atoms. The highest BCUT2D eigenvalue weighted by atomic mass is 19.4. The van der Waals surface area contributed by atoms with Crippen molar-refractivity contribution >= 4 is 34.4 Å². The van der Waals surface area contributed by atoms with Crippen LogP contribution in [0.25, 0.3) is 22.6 Å². The van der Waals surface area contributed by atoms with Gasteiger partial charge < -0.3 is 10.1 Å². The van der Waals surface area contributed by atoms with Gasteiger partial charge in [-0.2, -0.15) is 13.2 Å². The molecule has 0 saturated carbocycles. The Hall–Kier alpha value is -3.68. The van der Waals surface area contributed by atoms with Crippen LogP contribution in [-0.2, 0) is 16.0 Å². The number of nitrogens with zero attached hydrogens (tertiary/aromatic N) is 1. The summed E-state index contributed by atoms with van der Waals surface area (Å²) in [6.45, 7) is -2.28. The van der Waals surface area contributed by atoms with Gasteiger partial charge in [-0.1, -0.05) is 48.5 Å². The lowest BCUT2D eigenvalue weighted by molar-refractivity contribution is -0.140. The van der Waals surface area contributed by atoms with Crippen molar-refractivity contribution < 1.29 is 27.5 Å². The van der Waals surface area contributed by atoms with E-state index in [9.17, 15) is 22.8 Å². The minimum Gasteiger partial charge on any atom is -0.452 e. The molecular formula is C24H19F3N2O3. The van der Waals surface area contributed by atoms with Crippen LogP contribution in [0.1, 0.15) is 33.6 Å². The van der Waals surface area contributed by atoms with E-state index in [0.29, 0.717) is 40.6 Å². The number of aromatic nitrogens is 1. The lowest BCUT2D eigenvalue weighted by atomic mass is 10.0. The molecule has 1 aliphatic rings. The smallest absolute Gasteiger partial charge is 0.405 e. The van der Waals surface area contributed by atoms with Gasteiger partial charge in [0, 0.05) is 5.39 Å². The number of ether oxygens (including phenoxy) is 1. The Bertz CT molecular complexity index is 1200. The largest absolute Gasteiger partial charge is 0.452 e. The molecule has 0 fully saturated rings. The summed E-state index contributed by atoms with van der Waals surface area (Å²) in [7, 11) is 0. The molecule has 2 aromatic carbocycles. The summed E-state index contributed by atoms with van der Waals surface area (Å²) in [6, 6.07) is 16.8. The molecule has 1 N–H and O–H groups in total. The maximum absolute atomic E-state index is 12.9. The number of carbonyl (C=O) groups excluding carboxylic acids is 2. The zero-order chi connectivity index (χ0) is 22.7. The molecule has 5 nitrogen and oxygen atoms in total. The Morgan fingerprint density at radius 1 is 1.03 bits per heavy atom. The first-order valence-electron chi connectivity index (χ1n) is 10.00. The summed E-state index contributed by atoms with van der Waals surface area (Å²) in [5, 5.41) is 2.27. The van der Waals surface area contributed by atoms with Crippen molar-refractivity contribution in [2.45, 2.75) is 19.0 Å². The monoisotopic (exact) mass is 440 g/mol. The van der Waals surface area contributed by atoms with Crippen LogP contribution in [0.3, 0.4) is 0 Å². The van der Waals surface area contributed by atoms with E-state index in [1.807, 2.05) is 36.4 Å². The van der Waals surface area contributed by atoms with E-state index in [-0.39, 0.29) is 0 Å². The van der Waals surface area contributed by atoms with Crippen LogP contribution in [0.5, 0.6) is 0 Å². The van der Waals surface area contributed by atoms with E-state index in [4.69, 9.17) is 9.72 Å². The first-order chi connectivity index (χ1) is 15.3. The molecule has 1 aromatic heterocycles. The molecule has 3 aromatic rings. The number of pyridine rings is 1. The van der Waals surface area contributed by atoms with Crippen LogP contribution in [-0.4, -0.2) is 36.2 Å². The van der Waals surface area contributed by atoms with Gasteiger partial charge in [0.1, 0.15) is 6.54 Å². The molecule has 4 rings (SSSR count). The second-order valence-corrected chi connectivity index (χ2v) is 7.38. The number of fused-ring (bicyclic) bond motifs is 2. The number of benzene rings is 2. The second-order valence-electron chi connectivity index (χ2n) is 7.38. The number of alkyl halides is 3. The Kier molecular flexibility index (Phi) is 5.94. The number of rotatable bonds is 5. The minimum atomic E-state index is -4.54. The molecule has 1 heterocycles. The minimum absolute atomic E-state index is 0.297. The van der Waals surface area contributed by atoms with Crippen molar-refractivity contribution in [3.8, 4) is 0 Å². The summed E-state index contributed by atoms with van der Waals surface area (Å²) in [6.07, 6.45) is -1.27. The molecule has 0 radical (unpaired) electrons. The van der Waals surface area contributed by atoms with E-state index in [0.717, 1.165) is 11.1 Å². The van der Waals surface area contributed by atoms with Gasteiger partial charge in [-0.05, 0) is 41.7 Å². The van der Waals surface area contributed by atoms with E-state index in [2.05, 4.69) is 0 Å². The van der Waals surface area contributed by atoms with Crippen molar-refractivity contribution in [2.24, 2.45) is 0 Å². The van der Waals surface area contributed by atoms with Gasteiger partial charge in [0.05, 0.1) is 16.8 Å². The maximum Gasteiger partial charge on any atom is 0.405 e. The maximum atomic E-state index is 12.9. The van der Waals surface area contributed by atoms with Crippen molar-refractivity contribution in [3.63, 3.8) is 0 Å². The summed E-state index contributed by atoms with van der Waals surface area (Å²) in [5.74, 6) is -1.78. The second kappa shape index (κ2) is 8.82. The fourth-order valence-electron chi connectivity index (χ4n) is 3.72. The van der Waals surface area contributed by atoms with Crippen LogP contribution >= 0.6 is 0 Å². The van der Waals surface area contributed by atoms with Crippen LogP contribution in [0, 0.1) is 0 Å². The topological polar surface area (TPSA) is 68.3 Å². The molecule has 0 saturated heterocycles. The molecule has 1 aliphatic carbocycles. The molecule has 164 valence electrons. The van der Waals surface area contributed by atoms with Gasteiger partial charge >= 0.3 is 12.1 Å². The van der Waals surface area contributed by atoms with Crippen LogP contribution < -0.4 is 5.32 Å². The number of hydrogen-bond donors (Lipinski definition) is 1. The number of esters is 1. The third-order valence-electron chi connectivity index (χ3n) is 5.11. The Morgan fingerprint density at radius 3 is 2.50 bits per heavy atom. The lowest BCUT2D eigenvalue weighted by Crippen LogP contribution is -2.36. The number of halogens is 3. The van der Waals surface area contributed by atoms with E-state index < -0.39 is 31.2 Å². The quantitative estimate of drug-likeness (QED) is 0.591. The highest BCUT2D eigenvalue weighted by Gasteiger charge is 2.29. The average molecular weight is 440 g/mol. The lowest BCUT2D eigenvalue weighted by Gasteiger charge is -2.13. The predicted octanol–water partition coefficient (Wildman–Crippen LogP) is 4.56. The van der Waals surface area contributed by atoms with Gasteiger partial charge in [-0.3, -0.25) is 4.79 Å². The Balaban J connectivity index is 1.64. The highest BCUT2D eigenvalue weighted by Crippen LogP contribution is 2.37. The van der Waals surface area contributed by atoms with Crippen molar-refractivity contribution in [3.05, 3.63) is 77.0 Å². The number of nitrogens with one attached hydrogen (secondary N) is 1. The average Bonchev–Trinajstić information content (AvgIpc) is 3.16. The summed E-state index contributed by atoms with van der Waals surface area (Å²) >= 11 is 0. The van der Waals surface area contributed by atoms with E-state index in [1.165, 1.54) is 0 Å². The highest BCUT2D eigenvalue weighted by molar-refractivity contribution is 6.07. The summed E-state index contributed by atoms with van der Waals surface area (Å²) < 4.78 is 41.9. The zero-order valence-electron chi connectivity index (χ0n) is 16.9. The fourth-order valence-corrected chi connectivity index (χ4v) is 3.72. The number of amides is 1. The number of carbonyl (C=O) groups is 2. The molecule has 8 heteroatoms. The van der Waals surface area contributed by atoms with Gasteiger partial charge in [0.15, 0.2) is 6.61 Å². The number of para-hydroxylation sites is 1. The third kappa shape index (κ3) is 4.80. The van der Waals surface area contributed by atoms with Gasteiger partial charge in [0.2, 0.25) is 0 Å². The molecule has 0 unspecified atom stereocenters. The zero-order valence-corrected chi connectivity index (χ0v) is 16.9. The Morgan fingerprint density at radius 2 is 1.75 bits per heavy atom. The van der Waals surface area contributed by atoms with Gasteiger partial charge in [-0.15, -0.1) is 0 Å². The SMILES string of the molecule is O=C(COC(=O)c1c2c(nc3ccccc13)/C(=C\c1ccccc1)CC2)NCC(F)(F)F. The summed E-state index contributed by atoms with van der Waals surface area (Å²) in [5.41, 5.74) is 4.29. The first kappa shape index (κ1) is 21.5. The van der Waals surface area contributed by atoms with E-state index in [1.54, 1.807) is 29.6 Å². The fraction of sp³-hybridized carbons (Fsp3) is 0.208. The van der Waals surface area contributed by atoms with Crippen molar-refractivity contribution in [1.82, 2.24) is 10.3 Å². The van der Waals surface area contributed by atoms with E-state index >= 15 is 0 Å². The van der Waals surface area contributed by atoms with Gasteiger partial charge in [-0.25, -0.2) is 9.78 Å². The van der Waals surface area contributed by atoms with Crippen LogP contribution in [0.15, 0.2) is 54.6 Å².